The lowest BCUT2D eigenvalue weighted by Gasteiger charge is -2.27. The fraction of sp³-hybridized carbons (Fsp3) is 0.786. The number of nitrogens with zero attached hydrogens (tertiary/aromatic N) is 3. The van der Waals surface area contributed by atoms with Crippen molar-refractivity contribution in [1.82, 2.24) is 14.7 Å². The van der Waals surface area contributed by atoms with Gasteiger partial charge in [0.2, 0.25) is 0 Å². The first-order chi connectivity index (χ1) is 8.35. The molecule has 3 rings (SSSR count). The van der Waals surface area contributed by atoms with Crippen molar-refractivity contribution in [3.63, 3.8) is 0 Å². The van der Waals surface area contributed by atoms with Crippen LogP contribution in [0.1, 0.15) is 45.0 Å². The third kappa shape index (κ3) is 3.09. The highest BCUT2D eigenvalue weighted by atomic mass is 15.3. The molecule has 0 saturated heterocycles. The Morgan fingerprint density at radius 2 is 2.06 bits per heavy atom. The van der Waals surface area contributed by atoms with Gasteiger partial charge < -0.3 is 0 Å². The first kappa shape index (κ1) is 12.6. The van der Waals surface area contributed by atoms with Gasteiger partial charge in [-0.3, -0.25) is 9.58 Å². The summed E-state index contributed by atoms with van der Waals surface area (Å²) in [6.45, 7) is 10.9. The van der Waals surface area contributed by atoms with Crippen LogP contribution in [0.3, 0.4) is 0 Å². The van der Waals surface area contributed by atoms with Crippen molar-refractivity contribution in [2.45, 2.75) is 53.1 Å². The van der Waals surface area contributed by atoms with Crippen molar-refractivity contribution in [2.75, 3.05) is 13.1 Å². The van der Waals surface area contributed by atoms with Crippen LogP contribution in [0.2, 0.25) is 0 Å². The van der Waals surface area contributed by atoms with Crippen LogP contribution in [-0.2, 0) is 19.5 Å². The zero-order valence-corrected chi connectivity index (χ0v) is 11.4. The molecule has 1 aromatic rings. The van der Waals surface area contributed by atoms with E-state index >= 15 is 0 Å². The molecule has 0 atom stereocenters. The summed E-state index contributed by atoms with van der Waals surface area (Å²) in [7, 11) is 0. The van der Waals surface area contributed by atoms with E-state index in [1.54, 1.807) is 0 Å². The van der Waals surface area contributed by atoms with Gasteiger partial charge in [-0.1, -0.05) is 20.8 Å². The van der Waals surface area contributed by atoms with E-state index in [9.17, 15) is 0 Å². The quantitative estimate of drug-likeness (QED) is 0.803. The van der Waals surface area contributed by atoms with Gasteiger partial charge >= 0.3 is 0 Å². The van der Waals surface area contributed by atoms with E-state index in [-0.39, 0.29) is 0 Å². The smallest absolute Gasteiger partial charge is 0.0625 e. The average Bonchev–Trinajstić information content (AvgIpc) is 3.08. The van der Waals surface area contributed by atoms with Gasteiger partial charge in [0, 0.05) is 19.6 Å². The van der Waals surface area contributed by atoms with Crippen LogP contribution in [0.25, 0.3) is 0 Å². The van der Waals surface area contributed by atoms with Crippen molar-refractivity contribution in [3.05, 3.63) is 17.5 Å². The molecule has 1 aliphatic heterocycles. The van der Waals surface area contributed by atoms with Crippen molar-refractivity contribution in [2.24, 2.45) is 5.92 Å². The molecule has 1 fully saturated rings. The summed E-state index contributed by atoms with van der Waals surface area (Å²) >= 11 is 0. The molecule has 2 aliphatic rings. The second kappa shape index (κ2) is 5.67. The minimum absolute atomic E-state index is 1.00. The SMILES string of the molecule is CC.CCc1cc2n(n1)CCN(CC1CC1)C2. The van der Waals surface area contributed by atoms with Gasteiger partial charge in [-0.25, -0.2) is 0 Å². The maximum Gasteiger partial charge on any atom is 0.0625 e. The third-order valence-corrected chi connectivity index (χ3v) is 3.50. The van der Waals surface area contributed by atoms with Gasteiger partial charge in [0.25, 0.3) is 0 Å². The predicted octanol–water partition coefficient (Wildman–Crippen LogP) is 2.70. The Labute approximate surface area is 105 Å². The molecule has 96 valence electrons. The van der Waals surface area contributed by atoms with Gasteiger partial charge in [-0.15, -0.1) is 0 Å². The second-order valence-corrected chi connectivity index (χ2v) is 4.88. The van der Waals surface area contributed by atoms with Gasteiger partial charge in [0.05, 0.1) is 17.9 Å². The highest BCUT2D eigenvalue weighted by molar-refractivity contribution is 5.11. The third-order valence-electron chi connectivity index (χ3n) is 3.50. The maximum absolute atomic E-state index is 4.59. The average molecular weight is 235 g/mol. The topological polar surface area (TPSA) is 21.1 Å². The van der Waals surface area contributed by atoms with E-state index in [1.165, 1.54) is 37.3 Å². The lowest BCUT2D eigenvalue weighted by atomic mass is 10.2. The number of aromatic nitrogens is 2. The highest BCUT2D eigenvalue weighted by Gasteiger charge is 2.26. The Hall–Kier alpha value is -0.830. The summed E-state index contributed by atoms with van der Waals surface area (Å²) in [6.07, 6.45) is 3.97. The Morgan fingerprint density at radius 3 is 2.71 bits per heavy atom. The van der Waals surface area contributed by atoms with Gasteiger partial charge in [0.15, 0.2) is 0 Å². The molecule has 1 saturated carbocycles. The van der Waals surface area contributed by atoms with Crippen molar-refractivity contribution in [1.29, 1.82) is 0 Å². The van der Waals surface area contributed by atoms with Crippen LogP contribution in [0.4, 0.5) is 0 Å². The molecule has 0 radical (unpaired) electrons. The molecule has 1 aromatic heterocycles. The van der Waals surface area contributed by atoms with Crippen LogP contribution in [0.5, 0.6) is 0 Å². The summed E-state index contributed by atoms with van der Waals surface area (Å²) in [5, 5.41) is 4.59. The van der Waals surface area contributed by atoms with E-state index < -0.39 is 0 Å². The highest BCUT2D eigenvalue weighted by Crippen LogP contribution is 2.30. The lowest BCUT2D eigenvalue weighted by Crippen LogP contribution is -2.35. The monoisotopic (exact) mass is 235 g/mol. The molecule has 0 bridgehead atoms. The molecular weight excluding hydrogens is 210 g/mol. The number of rotatable bonds is 3. The predicted molar refractivity (Wildman–Crippen MR) is 71.0 cm³/mol. The first-order valence-corrected chi connectivity index (χ1v) is 7.13. The molecule has 3 nitrogen and oxygen atoms in total. The molecule has 17 heavy (non-hydrogen) atoms. The maximum atomic E-state index is 4.59. The fourth-order valence-electron chi connectivity index (χ4n) is 2.37. The molecule has 2 heterocycles. The zero-order chi connectivity index (χ0) is 12.3. The molecule has 0 spiro atoms. The molecular formula is C14H25N3. The van der Waals surface area contributed by atoms with E-state index in [1.807, 2.05) is 13.8 Å². The van der Waals surface area contributed by atoms with Gasteiger partial charge in [0.1, 0.15) is 0 Å². The molecule has 0 unspecified atom stereocenters. The van der Waals surface area contributed by atoms with E-state index in [0.29, 0.717) is 0 Å². The van der Waals surface area contributed by atoms with Crippen LogP contribution >= 0.6 is 0 Å². The second-order valence-electron chi connectivity index (χ2n) is 4.88. The van der Waals surface area contributed by atoms with Crippen molar-refractivity contribution < 1.29 is 0 Å². The molecule has 0 aromatic carbocycles. The standard InChI is InChI=1S/C12H19N3.C2H6/c1-2-11-7-12-9-14(8-10-3-4-10)5-6-15(12)13-11;1-2/h7,10H,2-6,8-9H2,1H3;1-2H3. The van der Waals surface area contributed by atoms with E-state index in [0.717, 1.165) is 25.4 Å². The largest absolute Gasteiger partial charge is 0.295 e. The Balaban J connectivity index is 0.000000514. The number of hydrogen-bond acceptors (Lipinski definition) is 2. The van der Waals surface area contributed by atoms with Crippen LogP contribution in [0.15, 0.2) is 6.07 Å². The lowest BCUT2D eigenvalue weighted by molar-refractivity contribution is 0.205. The van der Waals surface area contributed by atoms with Gasteiger partial charge in [-0.05, 0) is 31.2 Å². The van der Waals surface area contributed by atoms with Crippen LogP contribution in [0, 0.1) is 5.92 Å². The van der Waals surface area contributed by atoms with Crippen LogP contribution in [-0.4, -0.2) is 27.8 Å². The normalized spacial score (nSPS) is 19.5. The summed E-state index contributed by atoms with van der Waals surface area (Å²) < 4.78 is 2.20. The summed E-state index contributed by atoms with van der Waals surface area (Å²) in [4.78, 5) is 2.59. The molecule has 1 aliphatic carbocycles. The van der Waals surface area contributed by atoms with Gasteiger partial charge in [-0.2, -0.15) is 5.10 Å². The molecule has 0 amide bonds. The Bertz CT molecular complexity index is 352. The Morgan fingerprint density at radius 1 is 1.29 bits per heavy atom. The first-order valence-electron chi connectivity index (χ1n) is 7.13. The molecule has 0 N–H and O–H groups in total. The number of hydrogen-bond donors (Lipinski definition) is 0. The van der Waals surface area contributed by atoms with E-state index in [4.69, 9.17) is 0 Å². The minimum Gasteiger partial charge on any atom is -0.295 e. The number of fused-ring (bicyclic) bond motifs is 1. The summed E-state index contributed by atoms with van der Waals surface area (Å²) in [5.74, 6) is 1.00. The fourth-order valence-corrected chi connectivity index (χ4v) is 2.37. The zero-order valence-electron chi connectivity index (χ0n) is 11.4. The van der Waals surface area contributed by atoms with Crippen LogP contribution < -0.4 is 0 Å². The van der Waals surface area contributed by atoms with Crippen molar-refractivity contribution in [3.8, 4) is 0 Å². The Kier molecular flexibility index (Phi) is 4.21. The number of aryl methyl sites for hydroxylation is 1. The molecule has 3 heteroatoms. The minimum atomic E-state index is 1.00. The summed E-state index contributed by atoms with van der Waals surface area (Å²) in [5.41, 5.74) is 2.66. The summed E-state index contributed by atoms with van der Waals surface area (Å²) in [6, 6.07) is 2.28. The van der Waals surface area contributed by atoms with Crippen molar-refractivity contribution >= 4 is 0 Å². The van der Waals surface area contributed by atoms with E-state index in [2.05, 4.69) is 27.7 Å².